The van der Waals surface area contributed by atoms with E-state index in [0.717, 1.165) is 0 Å². The lowest BCUT2D eigenvalue weighted by molar-refractivity contribution is 0.186. The monoisotopic (exact) mass is 291 g/mol. The third-order valence-corrected chi connectivity index (χ3v) is 5.57. The van der Waals surface area contributed by atoms with Gasteiger partial charge in [0.1, 0.15) is 0 Å². The molecule has 1 nitrogen and oxygen atoms in total. The highest BCUT2D eigenvalue weighted by atomic mass is 14.7. The Hall–Kier alpha value is -0.560. The van der Waals surface area contributed by atoms with E-state index in [2.05, 4.69) is 52.8 Å². The molecule has 0 saturated carbocycles. The van der Waals surface area contributed by atoms with Crippen molar-refractivity contribution in [3.05, 3.63) is 23.8 Å². The maximum atomic E-state index is 6.56. The first-order valence-electron chi connectivity index (χ1n) is 9.01. The molecular weight excluding hydrogens is 254 g/mol. The second kappa shape index (κ2) is 7.63. The van der Waals surface area contributed by atoms with Gasteiger partial charge in [-0.1, -0.05) is 78.7 Å². The van der Waals surface area contributed by atoms with Gasteiger partial charge in [-0.2, -0.15) is 0 Å². The maximum Gasteiger partial charge on any atom is 0.0206 e. The van der Waals surface area contributed by atoms with E-state index >= 15 is 0 Å². The highest BCUT2D eigenvalue weighted by Gasteiger charge is 2.39. The number of fused-ring (bicyclic) bond motifs is 2. The van der Waals surface area contributed by atoms with Gasteiger partial charge in [0.05, 0.1) is 0 Å². The molecule has 5 unspecified atom stereocenters. The Morgan fingerprint density at radius 2 is 1.81 bits per heavy atom. The lowest BCUT2D eigenvalue weighted by Crippen LogP contribution is -2.36. The van der Waals surface area contributed by atoms with Gasteiger partial charge in [-0.15, -0.1) is 0 Å². The van der Waals surface area contributed by atoms with Crippen LogP contribution in [0.3, 0.4) is 0 Å². The molecule has 0 heterocycles. The largest absolute Gasteiger partial charge is 0.326 e. The van der Waals surface area contributed by atoms with Gasteiger partial charge in [-0.05, 0) is 36.0 Å². The van der Waals surface area contributed by atoms with Gasteiger partial charge in [-0.25, -0.2) is 0 Å². The van der Waals surface area contributed by atoms with Gasteiger partial charge in [-0.3, -0.25) is 0 Å². The van der Waals surface area contributed by atoms with Gasteiger partial charge in [0.15, 0.2) is 0 Å². The molecule has 0 aromatic rings. The van der Waals surface area contributed by atoms with Crippen LogP contribution in [0.1, 0.15) is 67.7 Å². The number of allylic oxidation sites excluding steroid dienone is 1. The summed E-state index contributed by atoms with van der Waals surface area (Å²) < 4.78 is 0. The van der Waals surface area contributed by atoms with Crippen LogP contribution in [0.25, 0.3) is 0 Å². The Labute approximate surface area is 133 Å². The molecule has 5 atom stereocenters. The van der Waals surface area contributed by atoms with Crippen molar-refractivity contribution >= 4 is 0 Å². The highest BCUT2D eigenvalue weighted by molar-refractivity contribution is 5.26. The van der Waals surface area contributed by atoms with Crippen LogP contribution in [0.5, 0.6) is 0 Å². The standard InChI is InChI=1S/C18H31N.C2H6/c1-6-7-14-10-13(3)18(4,5)11-12(2)15-8-9-16(14)17(15)19;1-2/h8-10,12-13,15-17H,6-7,11,19H2,1-5H3;1-2H3/b14-10+;. The predicted octanol–water partition coefficient (Wildman–Crippen LogP) is 5.57. The van der Waals surface area contributed by atoms with Crippen molar-refractivity contribution in [2.45, 2.75) is 73.8 Å². The summed E-state index contributed by atoms with van der Waals surface area (Å²) in [7, 11) is 0. The number of hydrogen-bond acceptors (Lipinski definition) is 1. The van der Waals surface area contributed by atoms with E-state index in [4.69, 9.17) is 5.73 Å². The van der Waals surface area contributed by atoms with Gasteiger partial charge >= 0.3 is 0 Å². The normalized spacial score (nSPS) is 40.2. The summed E-state index contributed by atoms with van der Waals surface area (Å²) in [4.78, 5) is 0. The van der Waals surface area contributed by atoms with Gasteiger partial charge in [0, 0.05) is 12.0 Å². The zero-order valence-corrected chi connectivity index (χ0v) is 15.3. The summed E-state index contributed by atoms with van der Waals surface area (Å²) in [6.45, 7) is 15.9. The lowest BCUT2D eigenvalue weighted by atomic mass is 9.71. The van der Waals surface area contributed by atoms with Crippen molar-refractivity contribution in [1.29, 1.82) is 0 Å². The first-order valence-corrected chi connectivity index (χ1v) is 9.01. The topological polar surface area (TPSA) is 26.0 Å². The molecule has 2 aliphatic carbocycles. The van der Waals surface area contributed by atoms with Crippen molar-refractivity contribution < 1.29 is 0 Å². The number of nitrogens with two attached hydrogens (primary N) is 1. The maximum absolute atomic E-state index is 6.56. The molecule has 0 spiro atoms. The number of rotatable bonds is 2. The SMILES string of the molecule is CC.CCC/C1=C\C(C)C(C)(C)CC(C)C2C=CC1C2N. The zero-order valence-electron chi connectivity index (χ0n) is 15.3. The molecule has 1 heteroatoms. The van der Waals surface area contributed by atoms with Crippen LogP contribution in [0.4, 0.5) is 0 Å². The molecular formula is C20H37N. The van der Waals surface area contributed by atoms with E-state index in [-0.39, 0.29) is 0 Å². The van der Waals surface area contributed by atoms with E-state index in [1.165, 1.54) is 19.3 Å². The van der Waals surface area contributed by atoms with E-state index in [0.29, 0.717) is 35.1 Å². The van der Waals surface area contributed by atoms with Gasteiger partial charge in [0.2, 0.25) is 0 Å². The summed E-state index contributed by atoms with van der Waals surface area (Å²) in [5.74, 6) is 2.37. The molecule has 0 aromatic carbocycles. The third-order valence-electron chi connectivity index (χ3n) is 5.57. The first-order chi connectivity index (χ1) is 9.86. The van der Waals surface area contributed by atoms with Crippen molar-refractivity contribution in [3.8, 4) is 0 Å². The van der Waals surface area contributed by atoms with Crippen molar-refractivity contribution in [2.75, 3.05) is 0 Å². The summed E-state index contributed by atoms with van der Waals surface area (Å²) in [5, 5.41) is 0. The predicted molar refractivity (Wildman–Crippen MR) is 95.2 cm³/mol. The third kappa shape index (κ3) is 4.00. The molecule has 0 aliphatic heterocycles. The second-order valence-electron chi connectivity index (χ2n) is 7.52. The lowest BCUT2D eigenvalue weighted by Gasteiger charge is -2.34. The smallest absolute Gasteiger partial charge is 0.0206 e. The molecule has 0 aromatic heterocycles. The quantitative estimate of drug-likeness (QED) is 0.661. The molecule has 0 amide bonds. The summed E-state index contributed by atoms with van der Waals surface area (Å²) in [6, 6.07) is 0.300. The van der Waals surface area contributed by atoms with E-state index < -0.39 is 0 Å². The minimum Gasteiger partial charge on any atom is -0.326 e. The Bertz CT molecular complexity index is 377. The fraction of sp³-hybridized carbons (Fsp3) is 0.800. The Morgan fingerprint density at radius 3 is 2.38 bits per heavy atom. The Morgan fingerprint density at radius 1 is 1.19 bits per heavy atom. The van der Waals surface area contributed by atoms with Crippen molar-refractivity contribution in [3.63, 3.8) is 0 Å². The van der Waals surface area contributed by atoms with Gasteiger partial charge in [0.25, 0.3) is 0 Å². The highest BCUT2D eigenvalue weighted by Crippen LogP contribution is 2.44. The number of hydrogen-bond donors (Lipinski definition) is 1. The average molecular weight is 292 g/mol. The summed E-state index contributed by atoms with van der Waals surface area (Å²) in [5.41, 5.74) is 8.52. The van der Waals surface area contributed by atoms with Crippen molar-refractivity contribution in [2.24, 2.45) is 34.8 Å². The molecule has 0 fully saturated rings. The molecule has 2 rings (SSSR count). The van der Waals surface area contributed by atoms with Crippen LogP contribution in [0.15, 0.2) is 23.8 Å². The van der Waals surface area contributed by atoms with Crippen LogP contribution < -0.4 is 5.73 Å². The van der Waals surface area contributed by atoms with E-state index in [1.54, 1.807) is 5.57 Å². The first kappa shape index (κ1) is 18.5. The van der Waals surface area contributed by atoms with Crippen LogP contribution in [0.2, 0.25) is 0 Å². The Kier molecular flexibility index (Phi) is 6.71. The molecule has 0 radical (unpaired) electrons. The van der Waals surface area contributed by atoms with Crippen LogP contribution >= 0.6 is 0 Å². The Balaban J connectivity index is 0.00000106. The van der Waals surface area contributed by atoms with Crippen LogP contribution in [0, 0.1) is 29.1 Å². The average Bonchev–Trinajstić information content (AvgIpc) is 2.81. The minimum atomic E-state index is 0.300. The summed E-state index contributed by atoms with van der Waals surface area (Å²) in [6.07, 6.45) is 11.0. The molecule has 2 N–H and O–H groups in total. The molecule has 2 aliphatic rings. The minimum absolute atomic E-state index is 0.300. The molecule has 2 bridgehead atoms. The molecule has 0 saturated heterocycles. The fourth-order valence-corrected chi connectivity index (χ4v) is 4.03. The fourth-order valence-electron chi connectivity index (χ4n) is 4.03. The van der Waals surface area contributed by atoms with Crippen LogP contribution in [-0.2, 0) is 0 Å². The van der Waals surface area contributed by atoms with E-state index in [1.807, 2.05) is 13.8 Å². The van der Waals surface area contributed by atoms with Gasteiger partial charge < -0.3 is 5.73 Å². The van der Waals surface area contributed by atoms with Crippen molar-refractivity contribution in [1.82, 2.24) is 0 Å². The zero-order chi connectivity index (χ0) is 16.2. The molecule has 122 valence electrons. The summed E-state index contributed by atoms with van der Waals surface area (Å²) >= 11 is 0. The van der Waals surface area contributed by atoms with E-state index in [9.17, 15) is 0 Å². The molecule has 21 heavy (non-hydrogen) atoms. The second-order valence-corrected chi connectivity index (χ2v) is 7.52. The van der Waals surface area contributed by atoms with Crippen LogP contribution in [-0.4, -0.2) is 6.04 Å².